The molecule has 0 spiro atoms. The topological polar surface area (TPSA) is 42.0 Å². The summed E-state index contributed by atoms with van der Waals surface area (Å²) in [6, 6.07) is 10.0. The maximum Gasteiger partial charge on any atom is 0.230 e. The number of benzene rings is 1. The summed E-state index contributed by atoms with van der Waals surface area (Å²) in [4.78, 5) is 15.6. The Bertz CT molecular complexity index is 496. The second-order valence-corrected chi connectivity index (χ2v) is 5.41. The molecule has 1 heterocycles. The van der Waals surface area contributed by atoms with E-state index in [2.05, 4.69) is 10.3 Å². The molecular formula is C12H12N2OS2. The predicted molar refractivity (Wildman–Crippen MR) is 72.3 cm³/mol. The predicted octanol–water partition coefficient (Wildman–Crippen LogP) is 2.65. The first-order valence-corrected chi connectivity index (χ1v) is 7.00. The molecule has 1 aromatic carbocycles. The van der Waals surface area contributed by atoms with Crippen LogP contribution in [0, 0.1) is 0 Å². The summed E-state index contributed by atoms with van der Waals surface area (Å²) >= 11 is 3.03. The molecule has 0 fully saturated rings. The van der Waals surface area contributed by atoms with Crippen LogP contribution in [0.25, 0.3) is 11.3 Å². The Hall–Kier alpha value is -1.33. The van der Waals surface area contributed by atoms with Crippen LogP contribution >= 0.6 is 23.1 Å². The Labute approximate surface area is 108 Å². The normalized spacial score (nSPS) is 10.2. The highest BCUT2D eigenvalue weighted by molar-refractivity contribution is 8.01. The van der Waals surface area contributed by atoms with Gasteiger partial charge in [0.05, 0.1) is 11.4 Å². The van der Waals surface area contributed by atoms with Gasteiger partial charge in [0.1, 0.15) is 0 Å². The molecule has 0 bridgehead atoms. The number of thioether (sulfide) groups is 1. The van der Waals surface area contributed by atoms with Crippen molar-refractivity contribution in [2.75, 3.05) is 12.8 Å². The van der Waals surface area contributed by atoms with Crippen LogP contribution in [-0.2, 0) is 4.79 Å². The van der Waals surface area contributed by atoms with Gasteiger partial charge in [0.2, 0.25) is 5.91 Å². The van der Waals surface area contributed by atoms with E-state index in [-0.39, 0.29) is 5.91 Å². The van der Waals surface area contributed by atoms with E-state index in [1.54, 1.807) is 18.4 Å². The average Bonchev–Trinajstić information content (AvgIpc) is 2.86. The van der Waals surface area contributed by atoms with Crippen LogP contribution in [0.3, 0.4) is 0 Å². The van der Waals surface area contributed by atoms with Crippen LogP contribution < -0.4 is 5.32 Å². The van der Waals surface area contributed by atoms with Gasteiger partial charge in [-0.1, -0.05) is 42.1 Å². The zero-order valence-electron chi connectivity index (χ0n) is 9.34. The number of hydrogen-bond donors (Lipinski definition) is 1. The van der Waals surface area contributed by atoms with Crippen molar-refractivity contribution in [3.05, 3.63) is 35.7 Å². The molecule has 88 valence electrons. The molecule has 0 saturated heterocycles. The summed E-state index contributed by atoms with van der Waals surface area (Å²) in [6.07, 6.45) is 0. The SMILES string of the molecule is CNC(=O)CSc1nc(-c2ccccc2)cs1. The third-order valence-electron chi connectivity index (χ3n) is 2.16. The Morgan fingerprint density at radius 3 is 2.88 bits per heavy atom. The Kier molecular flexibility index (Phi) is 4.17. The van der Waals surface area contributed by atoms with Crippen LogP contribution in [0.1, 0.15) is 0 Å². The van der Waals surface area contributed by atoms with E-state index in [0.29, 0.717) is 5.75 Å². The highest BCUT2D eigenvalue weighted by Gasteiger charge is 2.06. The zero-order chi connectivity index (χ0) is 12.1. The van der Waals surface area contributed by atoms with Gasteiger partial charge in [-0.25, -0.2) is 4.98 Å². The number of carbonyl (C=O) groups excluding carboxylic acids is 1. The van der Waals surface area contributed by atoms with Crippen LogP contribution in [0.15, 0.2) is 40.1 Å². The molecule has 2 rings (SSSR count). The number of thiazole rings is 1. The molecule has 0 saturated carbocycles. The fourth-order valence-corrected chi connectivity index (χ4v) is 2.97. The maximum atomic E-state index is 11.1. The van der Waals surface area contributed by atoms with E-state index in [1.807, 2.05) is 35.7 Å². The minimum absolute atomic E-state index is 0.0199. The Morgan fingerprint density at radius 2 is 2.18 bits per heavy atom. The largest absolute Gasteiger partial charge is 0.358 e. The fourth-order valence-electron chi connectivity index (χ4n) is 1.26. The van der Waals surface area contributed by atoms with Crippen molar-refractivity contribution in [2.45, 2.75) is 4.34 Å². The van der Waals surface area contributed by atoms with Gasteiger partial charge in [-0.2, -0.15) is 0 Å². The van der Waals surface area contributed by atoms with Gasteiger partial charge in [-0.3, -0.25) is 4.79 Å². The molecule has 0 aliphatic carbocycles. The van der Waals surface area contributed by atoms with Crippen molar-refractivity contribution in [1.29, 1.82) is 0 Å². The molecule has 5 heteroatoms. The van der Waals surface area contributed by atoms with Crippen molar-refractivity contribution < 1.29 is 4.79 Å². The summed E-state index contributed by atoms with van der Waals surface area (Å²) in [6.45, 7) is 0. The first-order chi connectivity index (χ1) is 8.29. The van der Waals surface area contributed by atoms with Crippen LogP contribution in [0.5, 0.6) is 0 Å². The number of nitrogens with zero attached hydrogens (tertiary/aromatic N) is 1. The van der Waals surface area contributed by atoms with Crippen LogP contribution in [0.4, 0.5) is 0 Å². The molecule has 0 aliphatic rings. The molecular weight excluding hydrogens is 252 g/mol. The lowest BCUT2D eigenvalue weighted by atomic mass is 10.2. The van der Waals surface area contributed by atoms with Gasteiger partial charge in [-0.15, -0.1) is 11.3 Å². The van der Waals surface area contributed by atoms with Gasteiger partial charge < -0.3 is 5.32 Å². The number of rotatable bonds is 4. The van der Waals surface area contributed by atoms with E-state index in [4.69, 9.17) is 0 Å². The first-order valence-electron chi connectivity index (χ1n) is 5.14. The smallest absolute Gasteiger partial charge is 0.230 e. The quantitative estimate of drug-likeness (QED) is 0.863. The Balaban J connectivity index is 2.04. The van der Waals surface area contributed by atoms with Gasteiger partial charge in [-0.05, 0) is 0 Å². The highest BCUT2D eigenvalue weighted by Crippen LogP contribution is 2.27. The minimum Gasteiger partial charge on any atom is -0.358 e. The molecule has 0 aliphatic heterocycles. The van der Waals surface area contributed by atoms with E-state index in [0.717, 1.165) is 15.6 Å². The molecule has 0 atom stereocenters. The fraction of sp³-hybridized carbons (Fsp3) is 0.167. The maximum absolute atomic E-state index is 11.1. The van der Waals surface area contributed by atoms with Crippen molar-refractivity contribution in [3.63, 3.8) is 0 Å². The number of hydrogen-bond acceptors (Lipinski definition) is 4. The molecule has 0 unspecified atom stereocenters. The number of nitrogens with one attached hydrogen (secondary N) is 1. The third kappa shape index (κ3) is 3.31. The van der Waals surface area contributed by atoms with E-state index in [9.17, 15) is 4.79 Å². The molecule has 1 aromatic heterocycles. The Morgan fingerprint density at radius 1 is 1.41 bits per heavy atom. The second-order valence-electron chi connectivity index (χ2n) is 3.33. The minimum atomic E-state index is 0.0199. The number of carbonyl (C=O) groups is 1. The van der Waals surface area contributed by atoms with Crippen molar-refractivity contribution in [3.8, 4) is 11.3 Å². The standard InChI is InChI=1S/C12H12N2OS2/c1-13-11(15)8-17-12-14-10(7-16-12)9-5-3-2-4-6-9/h2-7H,8H2,1H3,(H,13,15). The van der Waals surface area contributed by atoms with Crippen molar-refractivity contribution >= 4 is 29.0 Å². The lowest BCUT2D eigenvalue weighted by molar-refractivity contribution is -0.118. The lowest BCUT2D eigenvalue weighted by Crippen LogP contribution is -2.19. The monoisotopic (exact) mass is 264 g/mol. The lowest BCUT2D eigenvalue weighted by Gasteiger charge is -1.96. The summed E-state index contributed by atoms with van der Waals surface area (Å²) in [7, 11) is 1.64. The molecule has 1 N–H and O–H groups in total. The number of aromatic nitrogens is 1. The summed E-state index contributed by atoms with van der Waals surface area (Å²) in [5.74, 6) is 0.435. The average molecular weight is 264 g/mol. The van der Waals surface area contributed by atoms with E-state index in [1.165, 1.54) is 11.8 Å². The summed E-state index contributed by atoms with van der Waals surface area (Å²) < 4.78 is 0.924. The van der Waals surface area contributed by atoms with Gasteiger partial charge in [0.15, 0.2) is 4.34 Å². The van der Waals surface area contributed by atoms with Crippen molar-refractivity contribution in [2.24, 2.45) is 0 Å². The first kappa shape index (κ1) is 12.1. The van der Waals surface area contributed by atoms with Crippen LogP contribution in [-0.4, -0.2) is 23.7 Å². The van der Waals surface area contributed by atoms with Gasteiger partial charge in [0.25, 0.3) is 0 Å². The molecule has 2 aromatic rings. The number of amides is 1. The highest BCUT2D eigenvalue weighted by atomic mass is 32.2. The van der Waals surface area contributed by atoms with Gasteiger partial charge in [0, 0.05) is 18.0 Å². The summed E-state index contributed by atoms with van der Waals surface area (Å²) in [5.41, 5.74) is 2.07. The van der Waals surface area contributed by atoms with Gasteiger partial charge >= 0.3 is 0 Å². The summed E-state index contributed by atoms with van der Waals surface area (Å²) in [5, 5.41) is 4.61. The van der Waals surface area contributed by atoms with E-state index < -0.39 is 0 Å². The van der Waals surface area contributed by atoms with E-state index >= 15 is 0 Å². The second kappa shape index (κ2) is 5.84. The molecule has 0 radical (unpaired) electrons. The van der Waals surface area contributed by atoms with Crippen molar-refractivity contribution in [1.82, 2.24) is 10.3 Å². The molecule has 17 heavy (non-hydrogen) atoms. The third-order valence-corrected chi connectivity index (χ3v) is 4.18. The van der Waals surface area contributed by atoms with Crippen LogP contribution in [0.2, 0.25) is 0 Å². The zero-order valence-corrected chi connectivity index (χ0v) is 11.0. The molecule has 1 amide bonds. The molecule has 3 nitrogen and oxygen atoms in total.